The van der Waals surface area contributed by atoms with Gasteiger partial charge in [0.05, 0.1) is 0 Å². The minimum absolute atomic E-state index is 0.284. The molecule has 4 heteroatoms. The van der Waals surface area contributed by atoms with Crippen molar-refractivity contribution in [1.82, 2.24) is 0 Å². The highest BCUT2D eigenvalue weighted by molar-refractivity contribution is 5.83. The van der Waals surface area contributed by atoms with Crippen LogP contribution in [-0.2, 0) is 9.53 Å². The number of unbranched alkanes of at least 4 members (excludes halogenated alkanes) is 4. The molecule has 0 aliphatic carbocycles. The van der Waals surface area contributed by atoms with Crippen molar-refractivity contribution in [2.45, 2.75) is 45.4 Å². The van der Waals surface area contributed by atoms with E-state index in [1.807, 2.05) is 0 Å². The van der Waals surface area contributed by atoms with Crippen molar-refractivity contribution in [3.63, 3.8) is 0 Å². The Balaban J connectivity index is 3.22. The second-order valence-corrected chi connectivity index (χ2v) is 2.96. The van der Waals surface area contributed by atoms with E-state index in [-0.39, 0.29) is 6.42 Å². The Kier molecular flexibility index (Phi) is 6.96. The van der Waals surface area contributed by atoms with Crippen LogP contribution in [0.15, 0.2) is 0 Å². The second-order valence-electron chi connectivity index (χ2n) is 2.96. The van der Waals surface area contributed by atoms with E-state index < -0.39 is 12.1 Å². The molecule has 0 aliphatic heterocycles. The van der Waals surface area contributed by atoms with Crippen LogP contribution in [-0.4, -0.2) is 12.1 Å². The lowest BCUT2D eigenvalue weighted by Crippen LogP contribution is -2.18. The molecule has 0 atom stereocenters. The molecule has 0 fully saturated rings. The van der Waals surface area contributed by atoms with Gasteiger partial charge < -0.3 is 10.5 Å². The highest BCUT2D eigenvalue weighted by Gasteiger charge is 2.05. The maximum Gasteiger partial charge on any atom is 0.412 e. The maximum absolute atomic E-state index is 10.8. The lowest BCUT2D eigenvalue weighted by molar-refractivity contribution is -0.137. The van der Waals surface area contributed by atoms with Gasteiger partial charge in [-0.2, -0.15) is 0 Å². The highest BCUT2D eigenvalue weighted by atomic mass is 16.6. The van der Waals surface area contributed by atoms with Crippen LogP contribution in [0.1, 0.15) is 45.4 Å². The van der Waals surface area contributed by atoms with Crippen molar-refractivity contribution in [1.29, 1.82) is 0 Å². The van der Waals surface area contributed by atoms with Gasteiger partial charge in [0, 0.05) is 6.42 Å². The van der Waals surface area contributed by atoms with E-state index in [9.17, 15) is 9.59 Å². The number of hydrogen-bond donors (Lipinski definition) is 1. The molecule has 0 saturated carbocycles. The zero-order chi connectivity index (χ0) is 10.1. The van der Waals surface area contributed by atoms with E-state index in [4.69, 9.17) is 0 Å². The largest absolute Gasteiger partial charge is 0.412 e. The number of hydrogen-bond acceptors (Lipinski definition) is 3. The van der Waals surface area contributed by atoms with Gasteiger partial charge in [-0.25, -0.2) is 4.79 Å². The van der Waals surface area contributed by atoms with Crippen LogP contribution < -0.4 is 5.73 Å². The van der Waals surface area contributed by atoms with Gasteiger partial charge in [-0.1, -0.05) is 32.6 Å². The number of ether oxygens (including phenoxy) is 1. The molecule has 0 spiro atoms. The van der Waals surface area contributed by atoms with E-state index in [2.05, 4.69) is 17.4 Å². The van der Waals surface area contributed by atoms with Crippen molar-refractivity contribution in [3.05, 3.63) is 0 Å². The topological polar surface area (TPSA) is 69.4 Å². The van der Waals surface area contributed by atoms with Crippen LogP contribution in [0.4, 0.5) is 4.79 Å². The quantitative estimate of drug-likeness (QED) is 0.392. The van der Waals surface area contributed by atoms with Crippen LogP contribution in [0, 0.1) is 0 Å². The second kappa shape index (κ2) is 7.58. The maximum atomic E-state index is 10.8. The monoisotopic (exact) mass is 187 g/mol. The summed E-state index contributed by atoms with van der Waals surface area (Å²) in [4.78, 5) is 20.9. The first-order valence-electron chi connectivity index (χ1n) is 4.67. The fourth-order valence-corrected chi connectivity index (χ4v) is 1.04. The molecule has 76 valence electrons. The standard InChI is InChI=1S/C9H17NO3/c1-2-3-4-5-6-7-8(11)13-9(10)12/h2-7H2,1H3,(H2,10,12). The Bertz CT molecular complexity index is 168. The normalized spacial score (nSPS) is 9.62. The van der Waals surface area contributed by atoms with Crippen molar-refractivity contribution >= 4 is 12.1 Å². The SMILES string of the molecule is CCCCCCCC(=O)OC(N)=O. The van der Waals surface area contributed by atoms with E-state index in [0.717, 1.165) is 19.3 Å². The average Bonchev–Trinajstić information content (AvgIpc) is 2.02. The summed E-state index contributed by atoms with van der Waals surface area (Å²) < 4.78 is 4.16. The summed E-state index contributed by atoms with van der Waals surface area (Å²) in [6.45, 7) is 2.13. The molecule has 0 rings (SSSR count). The fourth-order valence-electron chi connectivity index (χ4n) is 1.04. The molecule has 0 unspecified atom stereocenters. The third-order valence-electron chi connectivity index (χ3n) is 1.70. The van der Waals surface area contributed by atoms with Gasteiger partial charge in [0.2, 0.25) is 0 Å². The molecule has 0 aromatic carbocycles. The smallest absolute Gasteiger partial charge is 0.376 e. The first kappa shape index (κ1) is 11.9. The van der Waals surface area contributed by atoms with Gasteiger partial charge in [-0.15, -0.1) is 0 Å². The number of carbonyl (C=O) groups excluding carboxylic acids is 2. The van der Waals surface area contributed by atoms with E-state index in [1.54, 1.807) is 0 Å². The van der Waals surface area contributed by atoms with E-state index >= 15 is 0 Å². The van der Waals surface area contributed by atoms with Gasteiger partial charge in [0.25, 0.3) is 0 Å². The van der Waals surface area contributed by atoms with Crippen LogP contribution in [0.5, 0.6) is 0 Å². The number of primary amides is 1. The van der Waals surface area contributed by atoms with Crippen LogP contribution >= 0.6 is 0 Å². The molecule has 4 nitrogen and oxygen atoms in total. The zero-order valence-corrected chi connectivity index (χ0v) is 8.04. The van der Waals surface area contributed by atoms with Crippen LogP contribution in [0.3, 0.4) is 0 Å². The fraction of sp³-hybridized carbons (Fsp3) is 0.778. The summed E-state index contributed by atoms with van der Waals surface area (Å²) in [5.74, 6) is -0.524. The molecule has 0 saturated heterocycles. The highest BCUT2D eigenvalue weighted by Crippen LogP contribution is 2.05. The minimum atomic E-state index is -1.02. The molecule has 0 heterocycles. The first-order valence-corrected chi connectivity index (χ1v) is 4.67. The number of rotatable bonds is 6. The Morgan fingerprint density at radius 2 is 1.77 bits per heavy atom. The van der Waals surface area contributed by atoms with E-state index in [1.165, 1.54) is 12.8 Å². The summed E-state index contributed by atoms with van der Waals surface area (Å²) in [5, 5.41) is 0. The number of esters is 1. The molecular formula is C9H17NO3. The molecule has 0 aromatic rings. The summed E-state index contributed by atoms with van der Waals surface area (Å²) in [6.07, 6.45) is 4.52. The Labute approximate surface area is 78.4 Å². The van der Waals surface area contributed by atoms with Crippen molar-refractivity contribution in [3.8, 4) is 0 Å². The molecule has 2 N–H and O–H groups in total. The lowest BCUT2D eigenvalue weighted by atomic mass is 10.1. The third kappa shape index (κ3) is 8.85. The average molecular weight is 187 g/mol. The Morgan fingerprint density at radius 1 is 1.15 bits per heavy atom. The predicted octanol–water partition coefficient (Wildman–Crippen LogP) is 1.97. The van der Waals surface area contributed by atoms with Gasteiger partial charge in [-0.3, -0.25) is 4.79 Å². The minimum Gasteiger partial charge on any atom is -0.376 e. The van der Waals surface area contributed by atoms with Crippen LogP contribution in [0.2, 0.25) is 0 Å². The third-order valence-corrected chi connectivity index (χ3v) is 1.70. The first-order chi connectivity index (χ1) is 6.16. The Hall–Kier alpha value is -1.06. The van der Waals surface area contributed by atoms with Crippen molar-refractivity contribution in [2.75, 3.05) is 0 Å². The molecule has 13 heavy (non-hydrogen) atoms. The summed E-state index contributed by atoms with van der Waals surface area (Å²) in [6, 6.07) is 0. The number of carbonyl (C=O) groups is 2. The summed E-state index contributed by atoms with van der Waals surface area (Å²) in [7, 11) is 0. The molecule has 0 radical (unpaired) electrons. The molecule has 0 aliphatic rings. The number of amides is 1. The van der Waals surface area contributed by atoms with Gasteiger partial charge in [0.15, 0.2) is 0 Å². The molecule has 0 bridgehead atoms. The Morgan fingerprint density at radius 3 is 2.31 bits per heavy atom. The predicted molar refractivity (Wildman–Crippen MR) is 49.1 cm³/mol. The lowest BCUT2D eigenvalue weighted by Gasteiger charge is -1.99. The summed E-state index contributed by atoms with van der Waals surface area (Å²) >= 11 is 0. The van der Waals surface area contributed by atoms with Crippen LogP contribution in [0.25, 0.3) is 0 Å². The zero-order valence-electron chi connectivity index (χ0n) is 8.04. The molecular weight excluding hydrogens is 170 g/mol. The molecule has 1 amide bonds. The van der Waals surface area contributed by atoms with Gasteiger partial charge >= 0.3 is 12.1 Å². The molecule has 0 aromatic heterocycles. The van der Waals surface area contributed by atoms with Gasteiger partial charge in [-0.05, 0) is 6.42 Å². The summed E-state index contributed by atoms with van der Waals surface area (Å²) in [5.41, 5.74) is 4.66. The van der Waals surface area contributed by atoms with Crippen molar-refractivity contribution < 1.29 is 14.3 Å². The van der Waals surface area contributed by atoms with Crippen molar-refractivity contribution in [2.24, 2.45) is 5.73 Å². The van der Waals surface area contributed by atoms with Gasteiger partial charge in [0.1, 0.15) is 0 Å². The van der Waals surface area contributed by atoms with E-state index in [0.29, 0.717) is 0 Å². The number of nitrogens with two attached hydrogens (primary N) is 1.